The number of hydrogen-bond acceptors (Lipinski definition) is 4. The summed E-state index contributed by atoms with van der Waals surface area (Å²) < 4.78 is 14.0. The fourth-order valence-electron chi connectivity index (χ4n) is 3.61. The fraction of sp³-hybridized carbons (Fsp3) is 0.182. The second-order valence-electron chi connectivity index (χ2n) is 6.62. The van der Waals surface area contributed by atoms with Gasteiger partial charge in [-0.2, -0.15) is 4.99 Å². The van der Waals surface area contributed by atoms with Gasteiger partial charge in [-0.1, -0.05) is 53.8 Å². The van der Waals surface area contributed by atoms with Crippen LogP contribution in [0.2, 0.25) is 0 Å². The van der Waals surface area contributed by atoms with Gasteiger partial charge in [-0.15, -0.1) is 0 Å². The maximum absolute atomic E-state index is 12.7. The van der Waals surface area contributed by atoms with Gasteiger partial charge in [-0.25, -0.2) is 0 Å². The van der Waals surface area contributed by atoms with Crippen LogP contribution < -0.4 is 14.3 Å². The Labute approximate surface area is 165 Å². The molecule has 140 valence electrons. The van der Waals surface area contributed by atoms with E-state index in [4.69, 9.17) is 9.47 Å². The molecule has 0 radical (unpaired) electrons. The van der Waals surface area contributed by atoms with E-state index in [2.05, 4.69) is 17.1 Å². The summed E-state index contributed by atoms with van der Waals surface area (Å²) in [6, 6.07) is 18.1. The average molecular weight is 390 g/mol. The van der Waals surface area contributed by atoms with Crippen LogP contribution in [0.15, 0.2) is 59.6 Å². The minimum Gasteiger partial charge on any atom is -0.454 e. The Bertz CT molecular complexity index is 1280. The Kier molecular flexibility index (Phi) is 4.13. The van der Waals surface area contributed by atoms with Gasteiger partial charge in [-0.3, -0.25) is 4.79 Å². The molecule has 0 unspecified atom stereocenters. The molecule has 1 aromatic heterocycles. The summed E-state index contributed by atoms with van der Waals surface area (Å²) in [4.78, 5) is 17.9. The molecule has 0 bridgehead atoms. The van der Waals surface area contributed by atoms with Crippen LogP contribution in [-0.4, -0.2) is 17.3 Å². The Morgan fingerprint density at radius 1 is 1.11 bits per heavy atom. The zero-order valence-corrected chi connectivity index (χ0v) is 16.2. The number of fused-ring (bicyclic) bond motifs is 3. The van der Waals surface area contributed by atoms with Gasteiger partial charge in [0.1, 0.15) is 0 Å². The van der Waals surface area contributed by atoms with E-state index in [9.17, 15) is 4.79 Å². The quantitative estimate of drug-likeness (QED) is 0.525. The summed E-state index contributed by atoms with van der Waals surface area (Å²) >= 11 is 1.50. The topological polar surface area (TPSA) is 52.8 Å². The summed E-state index contributed by atoms with van der Waals surface area (Å²) in [7, 11) is 0. The first kappa shape index (κ1) is 17.0. The van der Waals surface area contributed by atoms with E-state index in [0.29, 0.717) is 4.80 Å². The van der Waals surface area contributed by atoms with Crippen molar-refractivity contribution < 1.29 is 14.3 Å². The number of nitrogens with zero attached hydrogens (tertiary/aromatic N) is 2. The molecular weight excluding hydrogens is 372 g/mol. The van der Waals surface area contributed by atoms with Crippen molar-refractivity contribution in [2.45, 2.75) is 19.9 Å². The molecule has 2 heterocycles. The van der Waals surface area contributed by atoms with E-state index < -0.39 is 0 Å². The number of carbonyl (C=O) groups excluding carboxylic acids is 1. The molecule has 0 saturated carbocycles. The molecule has 6 heteroatoms. The summed E-state index contributed by atoms with van der Waals surface area (Å²) in [6.45, 7) is 3.02. The minimum absolute atomic E-state index is 0.148. The van der Waals surface area contributed by atoms with Gasteiger partial charge in [0.15, 0.2) is 16.3 Å². The predicted molar refractivity (Wildman–Crippen MR) is 110 cm³/mol. The SMILES string of the molecule is CCn1c(=NC(=O)Cc2cccc3ccccc23)sc2cc3c(cc21)OCO3. The van der Waals surface area contributed by atoms with Crippen LogP contribution in [0.4, 0.5) is 0 Å². The number of rotatable bonds is 3. The van der Waals surface area contributed by atoms with Crippen LogP contribution in [0.3, 0.4) is 0 Å². The number of aryl methyl sites for hydroxylation is 1. The van der Waals surface area contributed by atoms with Gasteiger partial charge < -0.3 is 14.0 Å². The van der Waals surface area contributed by atoms with E-state index >= 15 is 0 Å². The molecule has 0 N–H and O–H groups in total. The molecule has 5 rings (SSSR count). The van der Waals surface area contributed by atoms with Crippen LogP contribution in [0, 0.1) is 0 Å². The molecule has 5 nitrogen and oxygen atoms in total. The van der Waals surface area contributed by atoms with Crippen molar-refractivity contribution >= 4 is 38.2 Å². The van der Waals surface area contributed by atoms with E-state index in [-0.39, 0.29) is 19.1 Å². The average Bonchev–Trinajstić information content (AvgIpc) is 3.29. The molecule has 1 amide bonds. The van der Waals surface area contributed by atoms with E-state index in [1.54, 1.807) is 0 Å². The maximum Gasteiger partial charge on any atom is 0.252 e. The van der Waals surface area contributed by atoms with Crippen LogP contribution >= 0.6 is 11.3 Å². The van der Waals surface area contributed by atoms with Crippen LogP contribution in [-0.2, 0) is 17.8 Å². The fourth-order valence-corrected chi connectivity index (χ4v) is 4.73. The highest BCUT2D eigenvalue weighted by Crippen LogP contribution is 2.36. The summed E-state index contributed by atoms with van der Waals surface area (Å²) in [6.07, 6.45) is 0.280. The van der Waals surface area contributed by atoms with Crippen LogP contribution in [0.25, 0.3) is 21.0 Å². The molecule has 1 aliphatic heterocycles. The number of thiazole rings is 1. The maximum atomic E-state index is 12.7. The van der Waals surface area contributed by atoms with Gasteiger partial charge in [0.25, 0.3) is 5.91 Å². The molecule has 1 aliphatic rings. The summed E-state index contributed by atoms with van der Waals surface area (Å²) in [5, 5.41) is 2.23. The Morgan fingerprint density at radius 3 is 2.75 bits per heavy atom. The van der Waals surface area contributed by atoms with E-state index in [0.717, 1.165) is 44.6 Å². The van der Waals surface area contributed by atoms with Crippen molar-refractivity contribution in [1.82, 2.24) is 4.57 Å². The van der Waals surface area contributed by atoms with Crippen molar-refractivity contribution in [2.24, 2.45) is 4.99 Å². The lowest BCUT2D eigenvalue weighted by atomic mass is 10.0. The first-order chi connectivity index (χ1) is 13.7. The lowest BCUT2D eigenvalue weighted by molar-refractivity contribution is -0.117. The van der Waals surface area contributed by atoms with Gasteiger partial charge in [-0.05, 0) is 23.3 Å². The third-order valence-corrected chi connectivity index (χ3v) is 5.98. The normalized spacial score (nSPS) is 13.5. The molecule has 0 atom stereocenters. The number of benzene rings is 3. The van der Waals surface area contributed by atoms with Gasteiger partial charge in [0.2, 0.25) is 6.79 Å². The highest BCUT2D eigenvalue weighted by atomic mass is 32.1. The molecule has 4 aromatic rings. The van der Waals surface area contributed by atoms with Crippen molar-refractivity contribution in [3.8, 4) is 11.5 Å². The van der Waals surface area contributed by atoms with E-state index in [1.165, 1.54) is 11.3 Å². The number of amides is 1. The minimum atomic E-state index is -0.148. The monoisotopic (exact) mass is 390 g/mol. The third kappa shape index (κ3) is 2.86. The third-order valence-electron chi connectivity index (χ3n) is 4.94. The standard InChI is InChI=1S/C22H18N2O3S/c1-2-24-17-11-18-19(27-13-26-18)12-20(17)28-22(24)23-21(25)10-15-8-5-7-14-6-3-4-9-16(14)15/h3-9,11-12H,2,10,13H2,1H3. The first-order valence-electron chi connectivity index (χ1n) is 9.20. The molecule has 0 saturated heterocycles. The summed E-state index contributed by atoms with van der Waals surface area (Å²) in [5.41, 5.74) is 2.00. The van der Waals surface area contributed by atoms with Crippen molar-refractivity contribution in [2.75, 3.05) is 6.79 Å². The predicted octanol–water partition coefficient (Wildman–Crippen LogP) is 4.27. The molecular formula is C22H18N2O3S. The largest absolute Gasteiger partial charge is 0.454 e. The molecule has 0 spiro atoms. The first-order valence-corrected chi connectivity index (χ1v) is 10.0. The highest BCUT2D eigenvalue weighted by molar-refractivity contribution is 7.16. The zero-order chi connectivity index (χ0) is 19.1. The second-order valence-corrected chi connectivity index (χ2v) is 7.63. The van der Waals surface area contributed by atoms with Crippen molar-refractivity contribution in [3.05, 3.63) is 65.0 Å². The van der Waals surface area contributed by atoms with Crippen molar-refractivity contribution in [1.29, 1.82) is 0 Å². The lowest BCUT2D eigenvalue weighted by Gasteiger charge is -2.04. The number of carbonyl (C=O) groups is 1. The number of ether oxygens (including phenoxy) is 2. The number of aromatic nitrogens is 1. The Hall–Kier alpha value is -3.12. The molecule has 0 aliphatic carbocycles. The van der Waals surface area contributed by atoms with Crippen molar-refractivity contribution in [3.63, 3.8) is 0 Å². The number of hydrogen-bond donors (Lipinski definition) is 0. The Morgan fingerprint density at radius 2 is 1.89 bits per heavy atom. The lowest BCUT2D eigenvalue weighted by Crippen LogP contribution is -2.16. The van der Waals surface area contributed by atoms with E-state index in [1.807, 2.05) is 54.0 Å². The Balaban J connectivity index is 1.55. The second kappa shape index (κ2) is 6.80. The molecule has 28 heavy (non-hydrogen) atoms. The molecule has 0 fully saturated rings. The van der Waals surface area contributed by atoms with Gasteiger partial charge in [0.05, 0.1) is 16.6 Å². The summed E-state index contributed by atoms with van der Waals surface area (Å²) in [5.74, 6) is 1.33. The zero-order valence-electron chi connectivity index (χ0n) is 15.3. The van der Waals surface area contributed by atoms with Gasteiger partial charge in [0, 0.05) is 18.7 Å². The van der Waals surface area contributed by atoms with Crippen LogP contribution in [0.5, 0.6) is 11.5 Å². The van der Waals surface area contributed by atoms with Gasteiger partial charge >= 0.3 is 0 Å². The smallest absolute Gasteiger partial charge is 0.252 e. The molecule has 3 aromatic carbocycles. The highest BCUT2D eigenvalue weighted by Gasteiger charge is 2.17. The van der Waals surface area contributed by atoms with Crippen LogP contribution in [0.1, 0.15) is 12.5 Å².